The summed E-state index contributed by atoms with van der Waals surface area (Å²) in [6, 6.07) is -0.871. The Morgan fingerprint density at radius 1 is 0.480 bits per heavy atom. The Balaban J connectivity index is 5.24. The summed E-state index contributed by atoms with van der Waals surface area (Å²) >= 11 is 0. The van der Waals surface area contributed by atoms with Gasteiger partial charge in [-0.2, -0.15) is 0 Å². The van der Waals surface area contributed by atoms with Gasteiger partial charge in [0.05, 0.1) is 33.8 Å². The highest BCUT2D eigenvalue weighted by Gasteiger charge is 2.30. The number of esters is 1. The van der Waals surface area contributed by atoms with Gasteiger partial charge < -0.3 is 19.4 Å². The summed E-state index contributed by atoms with van der Waals surface area (Å²) in [7, 11) is 1.47. The molecule has 2 N–H and O–H groups in total. The molecule has 9 nitrogen and oxygen atoms in total. The molecular formula is C65H120N2O7P+. The molecule has 436 valence electrons. The lowest BCUT2D eigenvalue weighted by Crippen LogP contribution is -2.47. The van der Waals surface area contributed by atoms with Gasteiger partial charge in [-0.05, 0) is 70.3 Å². The van der Waals surface area contributed by atoms with Crippen molar-refractivity contribution in [2.24, 2.45) is 0 Å². The number of phosphoric ester groups is 1. The number of unbranched alkanes of at least 4 members (excludes halogenated alkanes) is 30. The fourth-order valence-electron chi connectivity index (χ4n) is 8.86. The van der Waals surface area contributed by atoms with Crippen molar-refractivity contribution in [2.75, 3.05) is 40.9 Å². The Labute approximate surface area is 463 Å². The fourth-order valence-corrected chi connectivity index (χ4v) is 9.60. The minimum absolute atomic E-state index is 0.0305. The van der Waals surface area contributed by atoms with Gasteiger partial charge in [0.15, 0.2) is 0 Å². The molecule has 0 aliphatic carbocycles. The van der Waals surface area contributed by atoms with Crippen LogP contribution in [-0.4, -0.2) is 74.3 Å². The van der Waals surface area contributed by atoms with Gasteiger partial charge in [0, 0.05) is 12.8 Å². The zero-order chi connectivity index (χ0) is 55.0. The number of allylic oxidation sites excluding steroid dienone is 11. The number of quaternary nitrogens is 1. The molecule has 0 heterocycles. The van der Waals surface area contributed by atoms with Crippen LogP contribution in [0, 0.1) is 0 Å². The third-order valence-corrected chi connectivity index (χ3v) is 14.6. The first-order valence-corrected chi connectivity index (χ1v) is 32.8. The summed E-state index contributed by atoms with van der Waals surface area (Å²) in [5.41, 5.74) is 0. The maximum Gasteiger partial charge on any atom is 0.472 e. The number of carbonyl (C=O) groups excluding carboxylic acids is 2. The second kappa shape index (κ2) is 54.8. The maximum absolute atomic E-state index is 13.5. The van der Waals surface area contributed by atoms with Crippen LogP contribution in [0.5, 0.6) is 0 Å². The zero-order valence-corrected chi connectivity index (χ0v) is 50.7. The van der Waals surface area contributed by atoms with Crippen LogP contribution < -0.4 is 5.32 Å². The van der Waals surface area contributed by atoms with Crippen molar-refractivity contribution in [2.45, 2.75) is 290 Å². The van der Waals surface area contributed by atoms with Crippen molar-refractivity contribution < 1.29 is 37.3 Å². The van der Waals surface area contributed by atoms with Crippen molar-refractivity contribution in [1.82, 2.24) is 5.32 Å². The van der Waals surface area contributed by atoms with E-state index in [-0.39, 0.29) is 31.5 Å². The van der Waals surface area contributed by atoms with E-state index in [1.54, 1.807) is 0 Å². The SMILES string of the molecule is CC/C=C\C/C=C\C/C=C\C/C=C\C/C=C\CCCC(=O)OC(/C=C/CCCCCCCCCCC)C(COP(=O)(O)OCC[N+](C)(C)C)NC(=O)CCCCCCCCCCCCCCCCCCCCCCC. The van der Waals surface area contributed by atoms with Gasteiger partial charge in [0.2, 0.25) is 5.91 Å². The highest BCUT2D eigenvalue weighted by molar-refractivity contribution is 7.47. The Hall–Kier alpha value is -2.55. The van der Waals surface area contributed by atoms with Gasteiger partial charge in [0.25, 0.3) is 0 Å². The second-order valence-corrected chi connectivity index (χ2v) is 23.7. The Bertz CT molecular complexity index is 1510. The number of phosphoric acid groups is 1. The quantitative estimate of drug-likeness (QED) is 0.0205. The molecule has 0 rings (SSSR count). The summed E-state index contributed by atoms with van der Waals surface area (Å²) < 4.78 is 30.6. The molecule has 0 saturated heterocycles. The van der Waals surface area contributed by atoms with Gasteiger partial charge in [-0.15, -0.1) is 0 Å². The molecule has 3 atom stereocenters. The molecular weight excluding hydrogens is 952 g/mol. The number of nitrogens with zero attached hydrogens (tertiary/aromatic N) is 1. The van der Waals surface area contributed by atoms with E-state index < -0.39 is 20.0 Å². The average molecular weight is 1070 g/mol. The monoisotopic (exact) mass is 1070 g/mol. The molecule has 0 spiro atoms. The Morgan fingerprint density at radius 2 is 0.867 bits per heavy atom. The molecule has 0 fully saturated rings. The molecule has 3 unspecified atom stereocenters. The smallest absolute Gasteiger partial charge is 0.456 e. The van der Waals surface area contributed by atoms with Crippen LogP contribution in [0.1, 0.15) is 278 Å². The van der Waals surface area contributed by atoms with Gasteiger partial charge >= 0.3 is 13.8 Å². The van der Waals surface area contributed by atoms with Gasteiger partial charge in [-0.3, -0.25) is 18.6 Å². The normalized spacial score (nSPS) is 14.2. The summed E-state index contributed by atoms with van der Waals surface area (Å²) in [6.07, 6.45) is 70.6. The molecule has 75 heavy (non-hydrogen) atoms. The molecule has 1 amide bonds. The molecule has 0 aliphatic rings. The minimum Gasteiger partial charge on any atom is -0.456 e. The molecule has 0 saturated carbocycles. The first kappa shape index (κ1) is 72.5. The first-order valence-electron chi connectivity index (χ1n) is 31.3. The highest BCUT2D eigenvalue weighted by Crippen LogP contribution is 2.43. The lowest BCUT2D eigenvalue weighted by molar-refractivity contribution is -0.870. The number of amides is 1. The first-order chi connectivity index (χ1) is 36.4. The third-order valence-electron chi connectivity index (χ3n) is 13.7. The van der Waals surface area contributed by atoms with E-state index >= 15 is 0 Å². The van der Waals surface area contributed by atoms with E-state index in [2.05, 4.69) is 86.8 Å². The fraction of sp³-hybridized carbons (Fsp3) is 0.785. The van der Waals surface area contributed by atoms with Crippen molar-refractivity contribution in [1.29, 1.82) is 0 Å². The van der Waals surface area contributed by atoms with Crippen LogP contribution in [0.15, 0.2) is 72.9 Å². The zero-order valence-electron chi connectivity index (χ0n) is 49.8. The highest BCUT2D eigenvalue weighted by atomic mass is 31.2. The number of nitrogens with one attached hydrogen (secondary N) is 1. The van der Waals surface area contributed by atoms with Crippen LogP contribution in [-0.2, 0) is 27.9 Å². The largest absolute Gasteiger partial charge is 0.472 e. The molecule has 0 aromatic carbocycles. The number of likely N-dealkylation sites (N-methyl/N-ethyl adjacent to an activating group) is 1. The predicted octanol–water partition coefficient (Wildman–Crippen LogP) is 19.2. The van der Waals surface area contributed by atoms with Crippen molar-refractivity contribution >= 4 is 19.7 Å². The Morgan fingerprint density at radius 3 is 1.29 bits per heavy atom. The molecule has 0 radical (unpaired) electrons. The van der Waals surface area contributed by atoms with E-state index in [0.717, 1.165) is 77.0 Å². The number of rotatable bonds is 56. The topological polar surface area (TPSA) is 111 Å². The maximum atomic E-state index is 13.5. The number of hydrogen-bond acceptors (Lipinski definition) is 6. The van der Waals surface area contributed by atoms with Crippen molar-refractivity contribution in [3.05, 3.63) is 72.9 Å². The van der Waals surface area contributed by atoms with Crippen LogP contribution >= 0.6 is 7.82 Å². The van der Waals surface area contributed by atoms with Gasteiger partial charge in [-0.1, -0.05) is 267 Å². The molecule has 0 aromatic rings. The predicted molar refractivity (Wildman–Crippen MR) is 323 cm³/mol. The van der Waals surface area contributed by atoms with Crippen LogP contribution in [0.4, 0.5) is 0 Å². The van der Waals surface area contributed by atoms with E-state index in [1.807, 2.05) is 33.3 Å². The van der Waals surface area contributed by atoms with Gasteiger partial charge in [0.1, 0.15) is 19.3 Å². The third kappa shape index (κ3) is 56.0. The van der Waals surface area contributed by atoms with Crippen molar-refractivity contribution in [3.63, 3.8) is 0 Å². The van der Waals surface area contributed by atoms with E-state index in [4.69, 9.17) is 13.8 Å². The molecule has 0 bridgehead atoms. The average Bonchev–Trinajstić information content (AvgIpc) is 3.37. The molecule has 0 aliphatic heterocycles. The second-order valence-electron chi connectivity index (χ2n) is 22.2. The van der Waals surface area contributed by atoms with E-state index in [9.17, 15) is 19.0 Å². The lowest BCUT2D eigenvalue weighted by Gasteiger charge is -2.27. The van der Waals surface area contributed by atoms with Gasteiger partial charge in [-0.25, -0.2) is 4.57 Å². The Kier molecular flexibility index (Phi) is 52.9. The molecule has 0 aromatic heterocycles. The van der Waals surface area contributed by atoms with E-state index in [0.29, 0.717) is 23.9 Å². The summed E-state index contributed by atoms with van der Waals surface area (Å²) in [6.45, 7) is 6.87. The summed E-state index contributed by atoms with van der Waals surface area (Å²) in [5.74, 6) is -0.568. The number of ether oxygens (including phenoxy) is 1. The standard InChI is InChI=1S/C65H119N2O7P/c1-7-10-13-16-19-22-25-27-29-31-32-33-34-36-37-39-42-45-48-51-54-57-64(68)66-62(61-73-75(70,71)72-60-59-67(4,5)6)63(56-53-50-47-44-41-24-21-18-15-12-9-3)74-65(69)58-55-52-49-46-43-40-38-35-30-28-26-23-20-17-14-11-8-2/h11,14,20,23,28,30,38,40,46,49,53,56,62-63H,7-10,12-13,15-19,21-22,24-27,29,31-37,39,41-45,47-48,50-52,54-55,57-61H2,1-6H3,(H-,66,68,70,71)/p+1/b14-11-,23-20-,30-28-,40-38-,49-46-,56-53+. The summed E-state index contributed by atoms with van der Waals surface area (Å²) in [4.78, 5) is 37.7. The number of carbonyl (C=O) groups is 2. The van der Waals surface area contributed by atoms with E-state index in [1.165, 1.54) is 161 Å². The molecule has 10 heteroatoms. The minimum atomic E-state index is -4.46. The van der Waals surface area contributed by atoms with Crippen LogP contribution in [0.3, 0.4) is 0 Å². The summed E-state index contributed by atoms with van der Waals surface area (Å²) in [5, 5.41) is 3.04. The van der Waals surface area contributed by atoms with Crippen LogP contribution in [0.2, 0.25) is 0 Å². The van der Waals surface area contributed by atoms with Crippen molar-refractivity contribution in [3.8, 4) is 0 Å². The number of hydrogen-bond donors (Lipinski definition) is 2. The van der Waals surface area contributed by atoms with Crippen LogP contribution in [0.25, 0.3) is 0 Å². The lowest BCUT2D eigenvalue weighted by atomic mass is 10.0.